The van der Waals surface area contributed by atoms with Crippen molar-refractivity contribution >= 4 is 0 Å². The van der Waals surface area contributed by atoms with Gasteiger partial charge in [0.1, 0.15) is 0 Å². The number of nitrogens with zero attached hydrogens (tertiary/aromatic N) is 4. The fourth-order valence-corrected chi connectivity index (χ4v) is 1.79. The molecule has 0 saturated carbocycles. The van der Waals surface area contributed by atoms with Crippen LogP contribution in [0.1, 0.15) is 75.7 Å². The van der Waals surface area contributed by atoms with Gasteiger partial charge in [-0.2, -0.15) is 6.54 Å². The largest absolute Gasteiger partial charge is 0.681 e. The van der Waals surface area contributed by atoms with Gasteiger partial charge in [-0.15, -0.1) is 30.7 Å². The third-order valence-corrected chi connectivity index (χ3v) is 3.12. The van der Waals surface area contributed by atoms with Crippen LogP contribution in [0.25, 0.3) is 21.3 Å². The quantitative estimate of drug-likeness (QED) is 0.346. The van der Waals surface area contributed by atoms with Gasteiger partial charge in [-0.3, -0.25) is 6.67 Å². The van der Waals surface area contributed by atoms with Crippen LogP contribution in [0.4, 0.5) is 0 Å². The summed E-state index contributed by atoms with van der Waals surface area (Å²) in [5.74, 6) is 1.35. The van der Waals surface area contributed by atoms with Crippen LogP contribution >= 0.6 is 0 Å². The monoisotopic (exact) mass is 399 g/mol. The van der Waals surface area contributed by atoms with E-state index in [0.29, 0.717) is 30.6 Å². The van der Waals surface area contributed by atoms with Crippen molar-refractivity contribution in [3.63, 3.8) is 0 Å². The van der Waals surface area contributed by atoms with Crippen LogP contribution in [-0.4, -0.2) is 43.9 Å². The van der Waals surface area contributed by atoms with E-state index in [-0.39, 0.29) is 22.3 Å². The molecule has 157 valence electrons. The van der Waals surface area contributed by atoms with Crippen LogP contribution in [0.3, 0.4) is 0 Å². The van der Waals surface area contributed by atoms with Gasteiger partial charge in [0.25, 0.3) is 0 Å². The van der Waals surface area contributed by atoms with Crippen LogP contribution in [0.15, 0.2) is 0 Å². The van der Waals surface area contributed by atoms with Crippen molar-refractivity contribution in [1.82, 2.24) is 0 Å². The molecule has 0 heterocycles. The van der Waals surface area contributed by atoms with Gasteiger partial charge < -0.3 is 21.3 Å². The van der Waals surface area contributed by atoms with Crippen molar-refractivity contribution in [2.75, 3.05) is 26.3 Å². The first-order chi connectivity index (χ1) is 11.0. The summed E-state index contributed by atoms with van der Waals surface area (Å²) in [4.78, 5) is 0. The second-order valence-electron chi connectivity index (χ2n) is 8.46. The summed E-state index contributed by atoms with van der Waals surface area (Å²) in [7, 11) is 0. The van der Waals surface area contributed by atoms with Gasteiger partial charge in [0.05, 0.1) is 0 Å². The molecule has 0 aromatic heterocycles. The topological polar surface area (TPSA) is 56.4 Å². The van der Waals surface area contributed by atoms with E-state index < -0.39 is 0 Å². The van der Waals surface area contributed by atoms with Gasteiger partial charge in [0, 0.05) is 16.8 Å². The van der Waals surface area contributed by atoms with Gasteiger partial charge in [-0.25, -0.2) is 0 Å². The van der Waals surface area contributed by atoms with Crippen molar-refractivity contribution in [3.05, 3.63) is 21.3 Å². The molecule has 0 N–H and O–H groups in total. The molecule has 4 nitrogen and oxygen atoms in total. The van der Waals surface area contributed by atoms with Crippen LogP contribution in [0.2, 0.25) is 0 Å². The van der Waals surface area contributed by atoms with Crippen LogP contribution in [-0.2, 0) is 16.8 Å². The van der Waals surface area contributed by atoms with Gasteiger partial charge in [0.15, 0.2) is 0 Å². The van der Waals surface area contributed by atoms with Crippen LogP contribution in [0.5, 0.6) is 0 Å². The first-order valence-corrected chi connectivity index (χ1v) is 9.63. The average Bonchev–Trinajstić information content (AvgIpc) is 2.42. The summed E-state index contributed by atoms with van der Waals surface area (Å²) >= 11 is 0. The Morgan fingerprint density at radius 2 is 1.16 bits per heavy atom. The molecule has 2 atom stereocenters. The van der Waals surface area contributed by atoms with E-state index in [9.17, 15) is 0 Å². The third kappa shape index (κ3) is 29.4. The number of hydrogen-bond acceptors (Lipinski definition) is 0. The first kappa shape index (κ1) is 30.1. The number of rotatable bonds is 11. The maximum absolute atomic E-state index is 4.63. The Kier molecular flexibility index (Phi) is 21.4. The van der Waals surface area contributed by atoms with Crippen molar-refractivity contribution in [3.8, 4) is 0 Å². The fraction of sp³-hybridized carbons (Fsp3) is 1.00. The molecule has 0 aliphatic rings. The molecule has 0 aliphatic carbocycles. The average molecular weight is 400 g/mol. The zero-order valence-electron chi connectivity index (χ0n) is 18.5. The summed E-state index contributed by atoms with van der Waals surface area (Å²) < 4.78 is 0. The van der Waals surface area contributed by atoms with Crippen molar-refractivity contribution in [2.45, 2.75) is 93.3 Å². The Labute approximate surface area is 169 Å². The second kappa shape index (κ2) is 17.7. The minimum absolute atomic E-state index is 0. The zero-order valence-corrected chi connectivity index (χ0v) is 19.5. The van der Waals surface area contributed by atoms with Crippen LogP contribution in [0, 0.1) is 11.8 Å². The Morgan fingerprint density at radius 1 is 0.760 bits per heavy atom. The Balaban J connectivity index is -0.000000418. The molecule has 0 aromatic rings. The number of hydrogen-bond donors (Lipinski definition) is 0. The van der Waals surface area contributed by atoms with E-state index in [1.54, 1.807) is 0 Å². The third-order valence-electron chi connectivity index (χ3n) is 3.12. The van der Waals surface area contributed by atoms with E-state index in [4.69, 9.17) is 0 Å². The Morgan fingerprint density at radius 3 is 1.44 bits per heavy atom. The molecule has 0 aliphatic heterocycles. The predicted molar refractivity (Wildman–Crippen MR) is 112 cm³/mol. The summed E-state index contributed by atoms with van der Waals surface area (Å²) in [6, 6.07) is 0.914. The first-order valence-electron chi connectivity index (χ1n) is 9.63. The molecule has 0 bridgehead atoms. The molecule has 5 heteroatoms. The van der Waals surface area contributed by atoms with E-state index in [1.165, 1.54) is 0 Å². The smallest absolute Gasteiger partial charge is 0 e. The van der Waals surface area contributed by atoms with Gasteiger partial charge in [0.2, 0.25) is 0 Å². The molecule has 0 spiro atoms. The molecule has 0 amide bonds. The van der Waals surface area contributed by atoms with E-state index in [1.807, 2.05) is 6.92 Å². The van der Waals surface area contributed by atoms with Gasteiger partial charge >= 0.3 is 0 Å². The standard InChI is InChI=1S/C13H28N2.C7H16N2.Co/c1-10(2)8-14-12(5)7-13(6)15-9-11(3)4;1-5-8-6-9-7(2,3)4;/h10-13H,7-9H2,1-6H3;5-6H2,1-4H3;/q2*-2;. The molecule has 1 radical (unpaired) electrons. The summed E-state index contributed by atoms with van der Waals surface area (Å²) in [5, 5.41) is 17.6. The van der Waals surface area contributed by atoms with Crippen molar-refractivity contribution < 1.29 is 16.8 Å². The molecular formula is C20H44CoN4-4. The SMILES string of the molecule is CC(C)C[N-]C(C)CC(C)[N-]CC(C)C.CC[N-]C[N-]C(C)(C)C.[Co]. The Bertz CT molecular complexity index is 249. The molecule has 0 fully saturated rings. The summed E-state index contributed by atoms with van der Waals surface area (Å²) in [6.07, 6.45) is 1.10. The normalized spacial score (nSPS) is 13.9. The maximum atomic E-state index is 4.63. The minimum Gasteiger partial charge on any atom is -0.681 e. The maximum Gasteiger partial charge on any atom is 0 e. The van der Waals surface area contributed by atoms with Gasteiger partial charge in [-0.05, 0) is 0 Å². The molecule has 0 rings (SSSR count). The Hall–Kier alpha value is 0.346. The summed E-state index contributed by atoms with van der Waals surface area (Å²) in [5.41, 5.74) is 0.0820. The molecule has 0 saturated heterocycles. The molecule has 25 heavy (non-hydrogen) atoms. The zero-order chi connectivity index (χ0) is 19.2. The summed E-state index contributed by atoms with van der Waals surface area (Å²) in [6.45, 7) is 25.0. The van der Waals surface area contributed by atoms with Crippen LogP contribution < -0.4 is 0 Å². The second-order valence-corrected chi connectivity index (χ2v) is 8.46. The molecule has 2 unspecified atom stereocenters. The van der Waals surface area contributed by atoms with Crippen molar-refractivity contribution in [1.29, 1.82) is 0 Å². The van der Waals surface area contributed by atoms with E-state index in [0.717, 1.165) is 26.1 Å². The molecular weight excluding hydrogens is 355 g/mol. The van der Waals surface area contributed by atoms with Gasteiger partial charge in [-0.1, -0.05) is 87.5 Å². The predicted octanol–water partition coefficient (Wildman–Crippen LogP) is 6.72. The van der Waals surface area contributed by atoms with E-state index in [2.05, 4.69) is 83.6 Å². The van der Waals surface area contributed by atoms with E-state index >= 15 is 0 Å². The molecule has 0 aromatic carbocycles. The minimum atomic E-state index is 0. The fourth-order valence-electron chi connectivity index (χ4n) is 1.79. The van der Waals surface area contributed by atoms with Crippen molar-refractivity contribution in [2.24, 2.45) is 11.8 Å².